The summed E-state index contributed by atoms with van der Waals surface area (Å²) in [6.07, 6.45) is 0. The minimum absolute atomic E-state index is 0.0573. The molecule has 0 radical (unpaired) electrons. The number of benzene rings is 2. The van der Waals surface area contributed by atoms with E-state index in [1.54, 1.807) is 6.92 Å². The molecule has 0 spiro atoms. The van der Waals surface area contributed by atoms with E-state index in [1.807, 2.05) is 0 Å². The van der Waals surface area contributed by atoms with Crippen molar-refractivity contribution in [2.75, 3.05) is 11.5 Å². The van der Waals surface area contributed by atoms with Crippen LogP contribution < -0.4 is 11.5 Å². The van der Waals surface area contributed by atoms with Gasteiger partial charge in [0.05, 0.1) is 16.3 Å². The Balaban J connectivity index is 0.000000283. The number of hydrogen-bond donors (Lipinski definition) is 5. The second-order valence-electron chi connectivity index (χ2n) is 5.26. The zero-order chi connectivity index (χ0) is 22.1. The number of nitrogens with two attached hydrogens (primary N) is 2. The van der Waals surface area contributed by atoms with Crippen molar-refractivity contribution >= 4 is 53.3 Å². The fraction of sp³-hybridized carbons (Fsp3) is 0.0769. The van der Waals surface area contributed by atoms with Crippen molar-refractivity contribution in [3.63, 3.8) is 0 Å². The molecule has 156 valence electrons. The molecule has 0 fully saturated rings. The van der Waals surface area contributed by atoms with E-state index in [4.69, 9.17) is 36.7 Å². The Kier molecular flexibility index (Phi) is 7.06. The predicted octanol–water partition coefficient (Wildman–Crippen LogP) is 1.24. The quantitative estimate of drug-likeness (QED) is 0.314. The Labute approximate surface area is 166 Å². The van der Waals surface area contributed by atoms with Crippen molar-refractivity contribution in [1.29, 1.82) is 0 Å². The fourth-order valence-corrected chi connectivity index (χ4v) is 3.78. The first-order valence-electron chi connectivity index (χ1n) is 6.82. The fourth-order valence-electron chi connectivity index (χ4n) is 1.82. The molecule has 2 aromatic rings. The zero-order valence-corrected chi connectivity index (χ0v) is 17.1. The van der Waals surface area contributed by atoms with E-state index in [2.05, 4.69) is 0 Å². The monoisotopic (exact) mass is 474 g/mol. The minimum atomic E-state index is -4.50. The first-order valence-corrected chi connectivity index (χ1v) is 11.5. The van der Waals surface area contributed by atoms with Crippen LogP contribution in [-0.2, 0) is 30.4 Å². The van der Waals surface area contributed by atoms with Crippen molar-refractivity contribution in [1.82, 2.24) is 0 Å². The van der Waals surface area contributed by atoms with Gasteiger partial charge in [0.15, 0.2) is 0 Å². The van der Waals surface area contributed by atoms with Gasteiger partial charge in [-0.25, -0.2) is 0 Å². The van der Waals surface area contributed by atoms with Crippen molar-refractivity contribution in [2.24, 2.45) is 0 Å². The van der Waals surface area contributed by atoms with E-state index in [1.165, 1.54) is 12.1 Å². The lowest BCUT2D eigenvalue weighted by Crippen LogP contribution is -2.05. The molecule has 0 bridgehead atoms. The Hall–Kier alpha value is -1.94. The van der Waals surface area contributed by atoms with Crippen LogP contribution >= 0.6 is 11.6 Å². The van der Waals surface area contributed by atoms with Crippen molar-refractivity contribution in [3.05, 3.63) is 40.9 Å². The Morgan fingerprint density at radius 1 is 0.750 bits per heavy atom. The molecule has 15 heteroatoms. The number of nitrogen functional groups attached to an aromatic ring is 2. The number of halogens is 1. The largest absolute Gasteiger partial charge is 0.398 e. The third kappa shape index (κ3) is 6.30. The smallest absolute Gasteiger partial charge is 0.296 e. The van der Waals surface area contributed by atoms with Gasteiger partial charge in [-0.1, -0.05) is 11.6 Å². The van der Waals surface area contributed by atoms with Crippen molar-refractivity contribution in [2.45, 2.75) is 21.6 Å². The maximum absolute atomic E-state index is 10.7. The highest BCUT2D eigenvalue weighted by atomic mass is 35.5. The number of anilines is 2. The molecule has 0 saturated heterocycles. The summed E-state index contributed by atoms with van der Waals surface area (Å²) in [4.78, 5) is -1.48. The Morgan fingerprint density at radius 3 is 1.61 bits per heavy atom. The van der Waals surface area contributed by atoms with Crippen LogP contribution in [0.1, 0.15) is 5.56 Å². The highest BCUT2D eigenvalue weighted by Crippen LogP contribution is 2.25. The van der Waals surface area contributed by atoms with Crippen molar-refractivity contribution in [3.8, 4) is 0 Å². The second kappa shape index (κ2) is 8.20. The molecule has 2 rings (SSSR count). The molecule has 0 saturated carbocycles. The lowest BCUT2D eigenvalue weighted by atomic mass is 10.2. The first-order chi connectivity index (χ1) is 12.4. The molecule has 0 heterocycles. The minimum Gasteiger partial charge on any atom is -0.398 e. The summed E-state index contributed by atoms with van der Waals surface area (Å²) in [5.41, 5.74) is 10.6. The van der Waals surface area contributed by atoms with Gasteiger partial charge in [-0.15, -0.1) is 0 Å². The summed E-state index contributed by atoms with van der Waals surface area (Å²) < 4.78 is 90.1. The van der Waals surface area contributed by atoms with Crippen LogP contribution in [0.5, 0.6) is 0 Å². The van der Waals surface area contributed by atoms with Gasteiger partial charge in [-0.3, -0.25) is 13.7 Å². The van der Waals surface area contributed by atoms with Gasteiger partial charge in [-0.2, -0.15) is 25.3 Å². The zero-order valence-electron chi connectivity index (χ0n) is 13.9. The summed E-state index contributed by atoms with van der Waals surface area (Å²) in [6, 6.07) is 4.86. The van der Waals surface area contributed by atoms with Gasteiger partial charge in [0, 0.05) is 5.02 Å². The average Bonchev–Trinajstić information content (AvgIpc) is 2.48. The molecule has 0 aliphatic rings. The van der Waals surface area contributed by atoms with E-state index in [0.717, 1.165) is 18.2 Å². The molecule has 0 unspecified atom stereocenters. The molecule has 7 N–H and O–H groups in total. The molecule has 0 atom stereocenters. The third-order valence-electron chi connectivity index (χ3n) is 3.13. The van der Waals surface area contributed by atoms with Crippen LogP contribution in [0.15, 0.2) is 45.0 Å². The Morgan fingerprint density at radius 2 is 1.21 bits per heavy atom. The van der Waals surface area contributed by atoms with E-state index in [9.17, 15) is 25.3 Å². The number of rotatable bonds is 3. The summed E-state index contributed by atoms with van der Waals surface area (Å²) in [7, 11) is -13.2. The van der Waals surface area contributed by atoms with Crippen LogP contribution in [0.4, 0.5) is 11.4 Å². The van der Waals surface area contributed by atoms with Crippen LogP contribution in [0.3, 0.4) is 0 Å². The molecular formula is C13H15ClN2O9S3. The molecule has 0 amide bonds. The highest BCUT2D eigenvalue weighted by molar-refractivity contribution is 7.86. The predicted molar refractivity (Wildman–Crippen MR) is 101 cm³/mol. The molecular weight excluding hydrogens is 460 g/mol. The molecule has 11 nitrogen and oxygen atoms in total. The standard InChI is InChI=1S/C7H8ClNO3S.C6H7NO6S2/c1-4-2-7(13(10,11)12)6(9)3-5(4)8;7-5-3-4(14(8,9)10)1-2-6(5)15(11,12)13/h2-3H,9H2,1H3,(H,10,11,12);1-3H,7H2,(H,8,9,10)(H,11,12,13). The second-order valence-corrected chi connectivity index (χ2v) is 9.87. The number of hydrogen-bond acceptors (Lipinski definition) is 8. The van der Waals surface area contributed by atoms with E-state index in [0.29, 0.717) is 10.6 Å². The van der Waals surface area contributed by atoms with Gasteiger partial charge < -0.3 is 11.5 Å². The lowest BCUT2D eigenvalue weighted by Gasteiger charge is -2.04. The summed E-state index contributed by atoms with van der Waals surface area (Å²) in [6.45, 7) is 1.62. The summed E-state index contributed by atoms with van der Waals surface area (Å²) >= 11 is 5.68. The number of aryl methyl sites for hydroxylation is 1. The Bertz CT molecular complexity index is 1220. The van der Waals surface area contributed by atoms with Crippen LogP contribution in [-0.4, -0.2) is 38.9 Å². The first kappa shape index (κ1) is 24.1. The van der Waals surface area contributed by atoms with Gasteiger partial charge in [0.25, 0.3) is 30.4 Å². The van der Waals surface area contributed by atoms with Crippen LogP contribution in [0.2, 0.25) is 5.02 Å². The highest BCUT2D eigenvalue weighted by Gasteiger charge is 2.17. The van der Waals surface area contributed by atoms with E-state index >= 15 is 0 Å². The molecule has 28 heavy (non-hydrogen) atoms. The van der Waals surface area contributed by atoms with E-state index in [-0.39, 0.29) is 10.6 Å². The van der Waals surface area contributed by atoms with Crippen LogP contribution in [0.25, 0.3) is 0 Å². The molecule has 2 aromatic carbocycles. The lowest BCUT2D eigenvalue weighted by molar-refractivity contribution is 0.479. The maximum Gasteiger partial charge on any atom is 0.296 e. The van der Waals surface area contributed by atoms with Gasteiger partial charge in [-0.05, 0) is 42.8 Å². The van der Waals surface area contributed by atoms with Gasteiger partial charge in [0.2, 0.25) is 0 Å². The topological polar surface area (TPSA) is 215 Å². The van der Waals surface area contributed by atoms with Crippen molar-refractivity contribution < 1.29 is 38.9 Å². The van der Waals surface area contributed by atoms with Crippen LogP contribution in [0, 0.1) is 6.92 Å². The summed E-state index contributed by atoms with van der Waals surface area (Å²) in [5.74, 6) is 0. The molecule has 0 aromatic heterocycles. The SMILES string of the molecule is Cc1cc(S(=O)(=O)O)c(N)cc1Cl.Nc1cc(S(=O)(=O)O)ccc1S(=O)(=O)O. The van der Waals surface area contributed by atoms with Gasteiger partial charge in [0.1, 0.15) is 9.79 Å². The normalized spacial score (nSPS) is 12.2. The van der Waals surface area contributed by atoms with Gasteiger partial charge >= 0.3 is 0 Å². The summed E-state index contributed by atoms with van der Waals surface area (Å²) in [5, 5.41) is 0.366. The molecule has 0 aliphatic carbocycles. The van der Waals surface area contributed by atoms with E-state index < -0.39 is 45.8 Å². The maximum atomic E-state index is 10.7. The average molecular weight is 475 g/mol. The molecule has 0 aliphatic heterocycles. The third-order valence-corrected chi connectivity index (χ3v) is 6.22.